The summed E-state index contributed by atoms with van der Waals surface area (Å²) in [5.74, 6) is 0. The quantitative estimate of drug-likeness (QED) is 0.380. The van der Waals surface area contributed by atoms with E-state index in [2.05, 4.69) is 67.1 Å². The molecule has 24 heavy (non-hydrogen) atoms. The minimum atomic E-state index is 0.975. The monoisotopic (exact) mass is 313 g/mol. The third-order valence-electron chi connectivity index (χ3n) is 5.11. The second kappa shape index (κ2) is 4.88. The maximum Gasteiger partial charge on any atom is 0.140 e. The molecule has 0 N–H and O–H groups in total. The van der Waals surface area contributed by atoms with Crippen LogP contribution in [0, 0.1) is 0 Å². The average molecular weight is 313 g/mol. The first-order valence-electron chi connectivity index (χ1n) is 8.60. The molecule has 0 spiro atoms. The molecule has 0 fully saturated rings. The summed E-state index contributed by atoms with van der Waals surface area (Å²) >= 11 is 0. The molecular weight excluding hydrogens is 294 g/mol. The van der Waals surface area contributed by atoms with Gasteiger partial charge in [0.2, 0.25) is 0 Å². The molecule has 5 rings (SSSR count). The molecule has 0 bridgehead atoms. The van der Waals surface area contributed by atoms with Crippen molar-refractivity contribution in [1.82, 2.24) is 4.57 Å². The molecule has 0 aliphatic heterocycles. The zero-order chi connectivity index (χ0) is 16.3. The Kier molecular flexibility index (Phi) is 2.78. The van der Waals surface area contributed by atoms with Gasteiger partial charge in [-0.15, -0.1) is 0 Å². The molecule has 0 aliphatic carbocycles. The van der Waals surface area contributed by atoms with Gasteiger partial charge in [0.25, 0.3) is 0 Å². The van der Waals surface area contributed by atoms with Gasteiger partial charge in [0, 0.05) is 28.7 Å². The standard InChI is InChI=1S/C22H19NO/c1-3-8-14-13-17-15-9-4-6-11-18(15)23(2)21(17)20-16-10-5-7-12-19(16)24-22(14)20/h4-7,9-13H,3,8H2,1-2H3. The minimum absolute atomic E-state index is 0.975. The van der Waals surface area contributed by atoms with Gasteiger partial charge in [0.05, 0.1) is 10.9 Å². The fraction of sp³-hybridized carbons (Fsp3) is 0.182. The fourth-order valence-electron chi connectivity index (χ4n) is 4.07. The lowest BCUT2D eigenvalue weighted by Crippen LogP contribution is -1.89. The lowest BCUT2D eigenvalue weighted by molar-refractivity contribution is 0.661. The zero-order valence-corrected chi connectivity index (χ0v) is 14.0. The molecule has 0 saturated heterocycles. The Morgan fingerprint density at radius 2 is 1.67 bits per heavy atom. The van der Waals surface area contributed by atoms with Gasteiger partial charge < -0.3 is 8.98 Å². The number of fused-ring (bicyclic) bond motifs is 7. The molecule has 0 radical (unpaired) electrons. The molecule has 5 aromatic rings. The molecule has 0 atom stereocenters. The van der Waals surface area contributed by atoms with Crippen molar-refractivity contribution < 1.29 is 4.42 Å². The van der Waals surface area contributed by atoms with Crippen LogP contribution in [0.25, 0.3) is 43.7 Å². The molecule has 118 valence electrons. The molecular formula is C22H19NO. The number of rotatable bonds is 2. The maximum atomic E-state index is 6.28. The van der Waals surface area contributed by atoms with E-state index >= 15 is 0 Å². The number of aromatic nitrogens is 1. The van der Waals surface area contributed by atoms with Gasteiger partial charge in [-0.1, -0.05) is 49.7 Å². The SMILES string of the molecule is CCCc1cc2c3ccccc3n(C)c2c2c1oc1ccccc12. The summed E-state index contributed by atoms with van der Waals surface area (Å²) in [4.78, 5) is 0. The minimum Gasteiger partial charge on any atom is -0.456 e. The van der Waals surface area contributed by atoms with E-state index in [4.69, 9.17) is 4.42 Å². The third-order valence-corrected chi connectivity index (χ3v) is 5.11. The Labute approximate surface area is 140 Å². The van der Waals surface area contributed by atoms with Crippen LogP contribution < -0.4 is 0 Å². The van der Waals surface area contributed by atoms with Crippen molar-refractivity contribution in [3.8, 4) is 0 Å². The van der Waals surface area contributed by atoms with Crippen LogP contribution in [0.5, 0.6) is 0 Å². The first-order valence-corrected chi connectivity index (χ1v) is 8.60. The summed E-state index contributed by atoms with van der Waals surface area (Å²) in [6.45, 7) is 2.22. The number of para-hydroxylation sites is 2. The normalized spacial score (nSPS) is 12.1. The van der Waals surface area contributed by atoms with Crippen molar-refractivity contribution in [1.29, 1.82) is 0 Å². The highest BCUT2D eigenvalue weighted by atomic mass is 16.3. The molecule has 2 aromatic heterocycles. The van der Waals surface area contributed by atoms with E-state index in [-0.39, 0.29) is 0 Å². The number of aryl methyl sites for hydroxylation is 2. The van der Waals surface area contributed by atoms with Crippen molar-refractivity contribution in [3.63, 3.8) is 0 Å². The summed E-state index contributed by atoms with van der Waals surface area (Å²) < 4.78 is 8.59. The number of furan rings is 1. The predicted molar refractivity (Wildman–Crippen MR) is 102 cm³/mol. The molecule has 0 unspecified atom stereocenters. The Morgan fingerprint density at radius 1 is 0.917 bits per heavy atom. The van der Waals surface area contributed by atoms with E-state index in [1.54, 1.807) is 0 Å². The molecule has 0 aliphatic rings. The van der Waals surface area contributed by atoms with Gasteiger partial charge in [0.15, 0.2) is 0 Å². The summed E-state index contributed by atoms with van der Waals surface area (Å²) in [5.41, 5.74) is 5.88. The summed E-state index contributed by atoms with van der Waals surface area (Å²) in [5, 5.41) is 5.11. The van der Waals surface area contributed by atoms with E-state index in [1.807, 2.05) is 6.07 Å². The van der Waals surface area contributed by atoms with Crippen LogP contribution in [-0.4, -0.2) is 4.57 Å². The summed E-state index contributed by atoms with van der Waals surface area (Å²) in [6.07, 6.45) is 2.15. The van der Waals surface area contributed by atoms with Crippen molar-refractivity contribution in [2.75, 3.05) is 0 Å². The van der Waals surface area contributed by atoms with Gasteiger partial charge in [-0.2, -0.15) is 0 Å². The number of benzene rings is 3. The van der Waals surface area contributed by atoms with E-state index in [1.165, 1.54) is 38.1 Å². The lowest BCUT2D eigenvalue weighted by Gasteiger charge is -2.04. The summed E-state index contributed by atoms with van der Waals surface area (Å²) in [6, 6.07) is 19.4. The Bertz CT molecular complexity index is 1220. The number of hydrogen-bond acceptors (Lipinski definition) is 1. The molecule has 0 saturated carbocycles. The molecule has 2 heterocycles. The second-order valence-corrected chi connectivity index (χ2v) is 6.56. The van der Waals surface area contributed by atoms with E-state index < -0.39 is 0 Å². The van der Waals surface area contributed by atoms with Crippen LogP contribution in [0.4, 0.5) is 0 Å². The van der Waals surface area contributed by atoms with Gasteiger partial charge in [-0.3, -0.25) is 0 Å². The lowest BCUT2D eigenvalue weighted by atomic mass is 10.0. The van der Waals surface area contributed by atoms with Gasteiger partial charge >= 0.3 is 0 Å². The predicted octanol–water partition coefficient (Wildman–Crippen LogP) is 6.18. The molecule has 2 heteroatoms. The van der Waals surface area contributed by atoms with Gasteiger partial charge in [0.1, 0.15) is 11.2 Å². The summed E-state index contributed by atoms with van der Waals surface area (Å²) in [7, 11) is 2.16. The highest BCUT2D eigenvalue weighted by molar-refractivity contribution is 6.24. The van der Waals surface area contributed by atoms with Gasteiger partial charge in [-0.05, 0) is 30.2 Å². The highest BCUT2D eigenvalue weighted by Crippen LogP contribution is 2.40. The van der Waals surface area contributed by atoms with Crippen LogP contribution in [-0.2, 0) is 13.5 Å². The van der Waals surface area contributed by atoms with Crippen LogP contribution >= 0.6 is 0 Å². The largest absolute Gasteiger partial charge is 0.456 e. The van der Waals surface area contributed by atoms with Crippen molar-refractivity contribution >= 4 is 43.7 Å². The topological polar surface area (TPSA) is 18.1 Å². The zero-order valence-electron chi connectivity index (χ0n) is 14.0. The van der Waals surface area contributed by atoms with Crippen molar-refractivity contribution in [2.45, 2.75) is 19.8 Å². The fourth-order valence-corrected chi connectivity index (χ4v) is 4.07. The van der Waals surface area contributed by atoms with Crippen LogP contribution in [0.2, 0.25) is 0 Å². The third kappa shape index (κ3) is 1.66. The first kappa shape index (κ1) is 13.7. The molecule has 0 amide bonds. The van der Waals surface area contributed by atoms with Crippen LogP contribution in [0.1, 0.15) is 18.9 Å². The van der Waals surface area contributed by atoms with E-state index in [0.717, 1.165) is 24.0 Å². The first-order chi connectivity index (χ1) is 11.8. The Balaban J connectivity index is 2.13. The second-order valence-electron chi connectivity index (χ2n) is 6.56. The average Bonchev–Trinajstić information content (AvgIpc) is 3.13. The van der Waals surface area contributed by atoms with Gasteiger partial charge in [-0.25, -0.2) is 0 Å². The van der Waals surface area contributed by atoms with E-state index in [0.29, 0.717) is 0 Å². The van der Waals surface area contributed by atoms with Crippen LogP contribution in [0.15, 0.2) is 59.0 Å². The number of hydrogen-bond donors (Lipinski definition) is 0. The van der Waals surface area contributed by atoms with Crippen LogP contribution in [0.3, 0.4) is 0 Å². The number of nitrogens with zero attached hydrogens (tertiary/aromatic N) is 1. The highest BCUT2D eigenvalue weighted by Gasteiger charge is 2.19. The smallest absolute Gasteiger partial charge is 0.140 e. The van der Waals surface area contributed by atoms with E-state index in [9.17, 15) is 0 Å². The van der Waals surface area contributed by atoms with Crippen molar-refractivity contribution in [3.05, 3.63) is 60.2 Å². The molecule has 3 aromatic carbocycles. The maximum absolute atomic E-state index is 6.28. The Hall–Kier alpha value is -2.74. The molecule has 2 nitrogen and oxygen atoms in total. The van der Waals surface area contributed by atoms with Crippen molar-refractivity contribution in [2.24, 2.45) is 7.05 Å². The Morgan fingerprint density at radius 3 is 2.50 bits per heavy atom.